The molecule has 0 radical (unpaired) electrons. The molecule has 25 heavy (non-hydrogen) atoms. The van der Waals surface area contributed by atoms with Gasteiger partial charge < -0.3 is 20.3 Å². The Labute approximate surface area is 151 Å². The van der Waals surface area contributed by atoms with Gasteiger partial charge in [-0.1, -0.05) is 6.07 Å². The van der Waals surface area contributed by atoms with Crippen LogP contribution in [0.3, 0.4) is 0 Å². The highest BCUT2D eigenvalue weighted by molar-refractivity contribution is 5.79. The molecule has 0 spiro atoms. The summed E-state index contributed by atoms with van der Waals surface area (Å²) in [5.41, 5.74) is 2.15. The maximum Gasteiger partial charge on any atom is 0.191 e. The number of hydrogen-bond acceptors (Lipinski definition) is 3. The maximum absolute atomic E-state index is 13.1. The number of hydrogen-bond donors (Lipinski definition) is 2. The number of rotatable bonds is 11. The van der Waals surface area contributed by atoms with Crippen molar-refractivity contribution < 1.29 is 9.13 Å². The summed E-state index contributed by atoms with van der Waals surface area (Å²) in [6.45, 7) is 9.07. The van der Waals surface area contributed by atoms with E-state index in [9.17, 15) is 4.39 Å². The second-order valence-electron chi connectivity index (χ2n) is 6.16. The Kier molecular flexibility index (Phi) is 10.8. The van der Waals surface area contributed by atoms with Gasteiger partial charge in [0.2, 0.25) is 0 Å². The number of ether oxygens (including phenoxy) is 1. The van der Waals surface area contributed by atoms with Crippen molar-refractivity contribution in [3.63, 3.8) is 0 Å². The summed E-state index contributed by atoms with van der Waals surface area (Å²) in [6.07, 6.45) is 1.85. The van der Waals surface area contributed by atoms with E-state index >= 15 is 0 Å². The summed E-state index contributed by atoms with van der Waals surface area (Å²) in [4.78, 5) is 6.86. The van der Waals surface area contributed by atoms with Gasteiger partial charge in [0.1, 0.15) is 5.82 Å². The SMILES string of the molecule is CCNC(=NCCCN(C)CCOC)NCCc1ccc(F)cc1C. The smallest absolute Gasteiger partial charge is 0.191 e. The lowest BCUT2D eigenvalue weighted by atomic mass is 10.1. The lowest BCUT2D eigenvalue weighted by Gasteiger charge is -2.15. The molecule has 0 amide bonds. The van der Waals surface area contributed by atoms with Crippen molar-refractivity contribution in [1.82, 2.24) is 15.5 Å². The molecule has 2 N–H and O–H groups in total. The number of aliphatic imine (C=N–C) groups is 1. The van der Waals surface area contributed by atoms with E-state index in [-0.39, 0.29) is 5.82 Å². The lowest BCUT2D eigenvalue weighted by Crippen LogP contribution is -2.38. The van der Waals surface area contributed by atoms with Crippen LogP contribution in [0.1, 0.15) is 24.5 Å². The molecule has 0 aromatic heterocycles. The topological polar surface area (TPSA) is 48.9 Å². The van der Waals surface area contributed by atoms with Crippen LogP contribution in [0.25, 0.3) is 0 Å². The summed E-state index contributed by atoms with van der Waals surface area (Å²) in [7, 11) is 3.82. The monoisotopic (exact) mass is 352 g/mol. The van der Waals surface area contributed by atoms with Crippen molar-refractivity contribution in [2.24, 2.45) is 4.99 Å². The van der Waals surface area contributed by atoms with Gasteiger partial charge in [-0.25, -0.2) is 4.39 Å². The van der Waals surface area contributed by atoms with Crippen LogP contribution in [0.5, 0.6) is 0 Å². The number of nitrogens with zero attached hydrogens (tertiary/aromatic N) is 2. The van der Waals surface area contributed by atoms with Crippen molar-refractivity contribution in [2.75, 3.05) is 53.5 Å². The quantitative estimate of drug-likeness (QED) is 0.364. The minimum Gasteiger partial charge on any atom is -0.383 e. The summed E-state index contributed by atoms with van der Waals surface area (Å²) in [5, 5.41) is 6.61. The first-order chi connectivity index (χ1) is 12.1. The predicted molar refractivity (Wildman–Crippen MR) is 103 cm³/mol. The first-order valence-corrected chi connectivity index (χ1v) is 9.01. The Hall–Kier alpha value is -1.66. The lowest BCUT2D eigenvalue weighted by molar-refractivity contribution is 0.161. The molecule has 0 aliphatic rings. The van der Waals surface area contributed by atoms with E-state index in [1.807, 2.05) is 13.0 Å². The fourth-order valence-electron chi connectivity index (χ4n) is 2.49. The van der Waals surface area contributed by atoms with Crippen molar-refractivity contribution in [2.45, 2.75) is 26.7 Å². The third-order valence-electron chi connectivity index (χ3n) is 3.98. The van der Waals surface area contributed by atoms with Gasteiger partial charge >= 0.3 is 0 Å². The Morgan fingerprint density at radius 2 is 2.08 bits per heavy atom. The molecule has 5 nitrogen and oxygen atoms in total. The van der Waals surface area contributed by atoms with Crippen LogP contribution in [0, 0.1) is 12.7 Å². The fourth-order valence-corrected chi connectivity index (χ4v) is 2.49. The molecule has 0 aliphatic carbocycles. The first kappa shape index (κ1) is 21.4. The summed E-state index contributed by atoms with van der Waals surface area (Å²) in [6, 6.07) is 4.95. The van der Waals surface area contributed by atoms with E-state index in [1.165, 1.54) is 6.07 Å². The molecule has 0 saturated heterocycles. The van der Waals surface area contributed by atoms with Gasteiger partial charge in [-0.05, 0) is 63.5 Å². The number of benzene rings is 1. The second-order valence-corrected chi connectivity index (χ2v) is 6.16. The zero-order chi connectivity index (χ0) is 18.5. The van der Waals surface area contributed by atoms with Crippen molar-refractivity contribution in [1.29, 1.82) is 0 Å². The van der Waals surface area contributed by atoms with E-state index < -0.39 is 0 Å². The third-order valence-corrected chi connectivity index (χ3v) is 3.98. The zero-order valence-corrected chi connectivity index (χ0v) is 16.1. The Morgan fingerprint density at radius 1 is 1.28 bits per heavy atom. The minimum atomic E-state index is -0.181. The molecule has 0 aliphatic heterocycles. The van der Waals surface area contributed by atoms with E-state index in [2.05, 4.69) is 34.5 Å². The minimum absolute atomic E-state index is 0.181. The van der Waals surface area contributed by atoms with Crippen LogP contribution in [-0.2, 0) is 11.2 Å². The van der Waals surface area contributed by atoms with Crippen molar-refractivity contribution in [3.8, 4) is 0 Å². The average molecular weight is 352 g/mol. The number of guanidine groups is 1. The highest BCUT2D eigenvalue weighted by Gasteiger charge is 2.02. The van der Waals surface area contributed by atoms with Gasteiger partial charge in [-0.3, -0.25) is 4.99 Å². The molecule has 1 aromatic rings. The average Bonchev–Trinajstić information content (AvgIpc) is 2.58. The fraction of sp³-hybridized carbons (Fsp3) is 0.632. The normalized spacial score (nSPS) is 11.8. The molecule has 0 saturated carbocycles. The van der Waals surface area contributed by atoms with Gasteiger partial charge in [-0.2, -0.15) is 0 Å². The molecule has 0 fully saturated rings. The van der Waals surface area contributed by atoms with Crippen LogP contribution >= 0.6 is 0 Å². The molecular weight excluding hydrogens is 319 g/mol. The Balaban J connectivity index is 2.35. The molecule has 1 aromatic carbocycles. The molecule has 0 bridgehead atoms. The molecule has 6 heteroatoms. The number of aryl methyl sites for hydroxylation is 1. The Bertz CT molecular complexity index is 522. The molecular formula is C19H33FN4O. The number of halogens is 1. The summed E-state index contributed by atoms with van der Waals surface area (Å²) >= 11 is 0. The van der Waals surface area contributed by atoms with Crippen LogP contribution < -0.4 is 10.6 Å². The Morgan fingerprint density at radius 3 is 2.76 bits per heavy atom. The van der Waals surface area contributed by atoms with Crippen LogP contribution in [0.15, 0.2) is 23.2 Å². The van der Waals surface area contributed by atoms with Crippen molar-refractivity contribution in [3.05, 3.63) is 35.1 Å². The first-order valence-electron chi connectivity index (χ1n) is 9.01. The number of likely N-dealkylation sites (N-methyl/N-ethyl adjacent to an activating group) is 1. The van der Waals surface area contributed by atoms with Gasteiger partial charge in [0, 0.05) is 33.3 Å². The van der Waals surface area contributed by atoms with Gasteiger partial charge in [0.25, 0.3) is 0 Å². The van der Waals surface area contributed by atoms with E-state index in [0.717, 1.165) is 69.3 Å². The van der Waals surface area contributed by atoms with Gasteiger partial charge in [0.15, 0.2) is 5.96 Å². The predicted octanol–water partition coefficient (Wildman–Crippen LogP) is 2.20. The third kappa shape index (κ3) is 9.41. The highest BCUT2D eigenvalue weighted by Crippen LogP contribution is 2.10. The van der Waals surface area contributed by atoms with Gasteiger partial charge in [0.05, 0.1) is 6.61 Å². The molecule has 0 unspecified atom stereocenters. The highest BCUT2D eigenvalue weighted by atomic mass is 19.1. The van der Waals surface area contributed by atoms with Crippen molar-refractivity contribution >= 4 is 5.96 Å². The van der Waals surface area contributed by atoms with Crippen LogP contribution in [-0.4, -0.2) is 64.3 Å². The van der Waals surface area contributed by atoms with E-state index in [1.54, 1.807) is 13.2 Å². The largest absolute Gasteiger partial charge is 0.383 e. The standard InChI is InChI=1S/C19H33FN4O/c1-5-21-19(22-10-6-12-24(3)13-14-25-4)23-11-9-17-7-8-18(20)15-16(17)2/h7-8,15H,5-6,9-14H2,1-4H3,(H2,21,22,23). The van der Waals surface area contributed by atoms with Gasteiger partial charge in [-0.15, -0.1) is 0 Å². The molecule has 1 rings (SSSR count). The van der Waals surface area contributed by atoms with E-state index in [4.69, 9.17) is 4.74 Å². The van der Waals surface area contributed by atoms with Crippen LogP contribution in [0.2, 0.25) is 0 Å². The molecule has 0 atom stereocenters. The summed E-state index contributed by atoms with van der Waals surface area (Å²) < 4.78 is 18.2. The zero-order valence-electron chi connectivity index (χ0n) is 16.1. The molecule has 142 valence electrons. The maximum atomic E-state index is 13.1. The molecule has 0 heterocycles. The van der Waals surface area contributed by atoms with Crippen LogP contribution in [0.4, 0.5) is 4.39 Å². The number of methoxy groups -OCH3 is 1. The second kappa shape index (κ2) is 12.7. The summed E-state index contributed by atoms with van der Waals surface area (Å²) in [5.74, 6) is 0.654. The number of nitrogens with one attached hydrogen (secondary N) is 2. The van der Waals surface area contributed by atoms with E-state index in [0.29, 0.717) is 0 Å².